The standard InChI is InChI=1S/C13H23N3O/c17-13(11-3-5-14-6-4-11)16-9-7-15(8-10-16)12-1-2-12/h11-12,14H,1-10H2. The van der Waals surface area contributed by atoms with Crippen LogP contribution in [0.25, 0.3) is 0 Å². The van der Waals surface area contributed by atoms with Crippen LogP contribution >= 0.6 is 0 Å². The Morgan fingerprint density at radius 3 is 2.18 bits per heavy atom. The second-order valence-corrected chi connectivity index (χ2v) is 5.62. The van der Waals surface area contributed by atoms with Crippen molar-refractivity contribution in [2.75, 3.05) is 39.3 Å². The third-order valence-electron chi connectivity index (χ3n) is 4.38. The van der Waals surface area contributed by atoms with Crippen LogP contribution in [0.2, 0.25) is 0 Å². The van der Waals surface area contributed by atoms with Gasteiger partial charge in [-0.05, 0) is 38.8 Å². The largest absolute Gasteiger partial charge is 0.340 e. The maximum absolute atomic E-state index is 12.3. The Labute approximate surface area is 103 Å². The number of nitrogens with one attached hydrogen (secondary N) is 1. The molecule has 2 heterocycles. The molecule has 0 atom stereocenters. The number of hydrogen-bond acceptors (Lipinski definition) is 3. The number of hydrogen-bond donors (Lipinski definition) is 1. The van der Waals surface area contributed by atoms with Crippen LogP contribution in [0.4, 0.5) is 0 Å². The fraction of sp³-hybridized carbons (Fsp3) is 0.923. The second kappa shape index (κ2) is 4.94. The summed E-state index contributed by atoms with van der Waals surface area (Å²) in [7, 11) is 0. The van der Waals surface area contributed by atoms with Crippen molar-refractivity contribution in [2.45, 2.75) is 31.7 Å². The highest BCUT2D eigenvalue weighted by atomic mass is 16.2. The number of nitrogens with zero attached hydrogens (tertiary/aromatic N) is 2. The Balaban J connectivity index is 1.49. The topological polar surface area (TPSA) is 35.6 Å². The maximum atomic E-state index is 12.3. The zero-order valence-electron chi connectivity index (χ0n) is 10.5. The molecule has 4 nitrogen and oxygen atoms in total. The molecule has 0 bridgehead atoms. The summed E-state index contributed by atoms with van der Waals surface area (Å²) in [5.74, 6) is 0.714. The summed E-state index contributed by atoms with van der Waals surface area (Å²) in [5, 5.41) is 3.32. The minimum atomic E-state index is 0.295. The summed E-state index contributed by atoms with van der Waals surface area (Å²) in [6, 6.07) is 0.853. The molecule has 0 aromatic rings. The van der Waals surface area contributed by atoms with Gasteiger partial charge < -0.3 is 10.2 Å². The highest BCUT2D eigenvalue weighted by Gasteiger charge is 2.33. The van der Waals surface area contributed by atoms with Crippen LogP contribution < -0.4 is 5.32 Å². The second-order valence-electron chi connectivity index (χ2n) is 5.62. The van der Waals surface area contributed by atoms with E-state index >= 15 is 0 Å². The molecule has 3 aliphatic rings. The summed E-state index contributed by atoms with van der Waals surface area (Å²) in [4.78, 5) is 17.0. The van der Waals surface area contributed by atoms with Crippen LogP contribution in [-0.4, -0.2) is 61.0 Å². The van der Waals surface area contributed by atoms with Crippen molar-refractivity contribution in [3.63, 3.8) is 0 Å². The van der Waals surface area contributed by atoms with E-state index in [1.165, 1.54) is 12.8 Å². The third kappa shape index (κ3) is 2.63. The molecular weight excluding hydrogens is 214 g/mol. The van der Waals surface area contributed by atoms with Crippen LogP contribution in [0.1, 0.15) is 25.7 Å². The Hall–Kier alpha value is -0.610. The number of rotatable bonds is 2. The Bertz CT molecular complexity index is 276. The Kier molecular flexibility index (Phi) is 3.34. The SMILES string of the molecule is O=C(C1CCNCC1)N1CCN(C2CC2)CC1. The smallest absolute Gasteiger partial charge is 0.225 e. The zero-order chi connectivity index (χ0) is 11.7. The van der Waals surface area contributed by atoms with Crippen LogP contribution in [0.5, 0.6) is 0 Å². The van der Waals surface area contributed by atoms with Crippen LogP contribution in [-0.2, 0) is 4.79 Å². The summed E-state index contributed by atoms with van der Waals surface area (Å²) >= 11 is 0. The van der Waals surface area contributed by atoms with Gasteiger partial charge in [0.05, 0.1) is 0 Å². The summed E-state index contributed by atoms with van der Waals surface area (Å²) in [5.41, 5.74) is 0. The van der Waals surface area contributed by atoms with Crippen molar-refractivity contribution in [1.29, 1.82) is 0 Å². The average molecular weight is 237 g/mol. The number of amides is 1. The quantitative estimate of drug-likeness (QED) is 0.750. The molecule has 0 unspecified atom stereocenters. The molecule has 4 heteroatoms. The van der Waals surface area contributed by atoms with Crippen LogP contribution in [0.15, 0.2) is 0 Å². The number of carbonyl (C=O) groups excluding carboxylic acids is 1. The van der Waals surface area contributed by atoms with E-state index in [1.807, 2.05) is 0 Å². The van der Waals surface area contributed by atoms with Crippen molar-refractivity contribution in [3.05, 3.63) is 0 Å². The fourth-order valence-corrected chi connectivity index (χ4v) is 3.07. The lowest BCUT2D eigenvalue weighted by molar-refractivity contribution is -0.138. The molecular formula is C13H23N3O. The first-order valence-corrected chi connectivity index (χ1v) is 7.08. The molecule has 1 saturated carbocycles. The predicted octanol–water partition coefficient (Wildman–Crippen LogP) is 0.293. The first kappa shape index (κ1) is 11.5. The van der Waals surface area contributed by atoms with E-state index in [2.05, 4.69) is 15.1 Å². The van der Waals surface area contributed by atoms with Gasteiger partial charge in [-0.25, -0.2) is 0 Å². The molecule has 1 amide bonds. The molecule has 0 aromatic heterocycles. The highest BCUT2D eigenvalue weighted by molar-refractivity contribution is 5.79. The van der Waals surface area contributed by atoms with Gasteiger partial charge in [0, 0.05) is 38.1 Å². The van der Waals surface area contributed by atoms with E-state index < -0.39 is 0 Å². The molecule has 2 saturated heterocycles. The number of piperidine rings is 1. The summed E-state index contributed by atoms with van der Waals surface area (Å²) in [6.07, 6.45) is 4.81. The molecule has 2 aliphatic heterocycles. The van der Waals surface area contributed by atoms with Crippen molar-refractivity contribution in [2.24, 2.45) is 5.92 Å². The van der Waals surface area contributed by atoms with Gasteiger partial charge in [-0.15, -0.1) is 0 Å². The van der Waals surface area contributed by atoms with Gasteiger partial charge in [-0.2, -0.15) is 0 Å². The van der Waals surface area contributed by atoms with Crippen molar-refractivity contribution in [1.82, 2.24) is 15.1 Å². The summed E-state index contributed by atoms with van der Waals surface area (Å²) < 4.78 is 0. The average Bonchev–Trinajstić information content (AvgIpc) is 3.24. The molecule has 1 N–H and O–H groups in total. The molecule has 0 aromatic carbocycles. The van der Waals surface area contributed by atoms with Crippen LogP contribution in [0, 0.1) is 5.92 Å². The van der Waals surface area contributed by atoms with Crippen molar-refractivity contribution in [3.8, 4) is 0 Å². The minimum Gasteiger partial charge on any atom is -0.340 e. The minimum absolute atomic E-state index is 0.295. The third-order valence-corrected chi connectivity index (χ3v) is 4.38. The number of carbonyl (C=O) groups is 1. The van der Waals surface area contributed by atoms with E-state index in [1.54, 1.807) is 0 Å². The maximum Gasteiger partial charge on any atom is 0.225 e. The number of piperazine rings is 1. The summed E-state index contributed by atoms with van der Waals surface area (Å²) in [6.45, 7) is 6.14. The van der Waals surface area contributed by atoms with E-state index in [0.29, 0.717) is 11.8 Å². The molecule has 3 rings (SSSR count). The fourth-order valence-electron chi connectivity index (χ4n) is 3.07. The Morgan fingerprint density at radius 2 is 1.59 bits per heavy atom. The van der Waals surface area contributed by atoms with Gasteiger partial charge in [0.15, 0.2) is 0 Å². The molecule has 17 heavy (non-hydrogen) atoms. The van der Waals surface area contributed by atoms with E-state index in [-0.39, 0.29) is 0 Å². The predicted molar refractivity (Wildman–Crippen MR) is 66.8 cm³/mol. The zero-order valence-corrected chi connectivity index (χ0v) is 10.5. The van der Waals surface area contributed by atoms with E-state index in [4.69, 9.17) is 0 Å². The highest BCUT2D eigenvalue weighted by Crippen LogP contribution is 2.28. The van der Waals surface area contributed by atoms with Gasteiger partial charge in [0.1, 0.15) is 0 Å². The van der Waals surface area contributed by atoms with Crippen LogP contribution in [0.3, 0.4) is 0 Å². The van der Waals surface area contributed by atoms with Gasteiger partial charge >= 0.3 is 0 Å². The van der Waals surface area contributed by atoms with Gasteiger partial charge in [-0.3, -0.25) is 9.69 Å². The van der Waals surface area contributed by atoms with E-state index in [0.717, 1.165) is 58.2 Å². The molecule has 96 valence electrons. The molecule has 0 spiro atoms. The molecule has 0 radical (unpaired) electrons. The van der Waals surface area contributed by atoms with Gasteiger partial charge in [0.2, 0.25) is 5.91 Å². The Morgan fingerprint density at radius 1 is 0.941 bits per heavy atom. The normalized spacial score (nSPS) is 28.4. The van der Waals surface area contributed by atoms with Crippen molar-refractivity contribution >= 4 is 5.91 Å². The first-order chi connectivity index (χ1) is 8.34. The molecule has 1 aliphatic carbocycles. The monoisotopic (exact) mass is 237 g/mol. The van der Waals surface area contributed by atoms with E-state index in [9.17, 15) is 4.79 Å². The molecule has 3 fully saturated rings. The van der Waals surface area contributed by atoms with Gasteiger partial charge in [-0.1, -0.05) is 0 Å². The lowest BCUT2D eigenvalue weighted by atomic mass is 9.96. The van der Waals surface area contributed by atoms with Crippen molar-refractivity contribution < 1.29 is 4.79 Å². The lowest BCUT2D eigenvalue weighted by Gasteiger charge is -2.37. The first-order valence-electron chi connectivity index (χ1n) is 7.08. The van der Waals surface area contributed by atoms with Gasteiger partial charge in [0.25, 0.3) is 0 Å². The lowest BCUT2D eigenvalue weighted by Crippen LogP contribution is -2.51.